The molecule has 0 aliphatic carbocycles. The summed E-state index contributed by atoms with van der Waals surface area (Å²) in [5.41, 5.74) is 5.20. The van der Waals surface area contributed by atoms with Crippen LogP contribution in [0.25, 0.3) is 0 Å². The van der Waals surface area contributed by atoms with Gasteiger partial charge in [0.2, 0.25) is 5.91 Å². The minimum atomic E-state index is -3.58. The Balaban J connectivity index is 2.17. The molecule has 2 aliphatic rings. The fourth-order valence-electron chi connectivity index (χ4n) is 2.68. The summed E-state index contributed by atoms with van der Waals surface area (Å²) in [4.78, 5) is 11.2. The fraction of sp³-hybridized carbons (Fsp3) is 0.909. The van der Waals surface area contributed by atoms with E-state index in [2.05, 4.69) is 5.32 Å². The molecule has 0 aromatic heterocycles. The Bertz CT molecular complexity index is 414. The SMILES string of the molecule is NC(=O)CN(C1CCNC1)S(=O)(=O)N1CCCCC1. The number of amides is 1. The van der Waals surface area contributed by atoms with Gasteiger partial charge in [-0.25, -0.2) is 0 Å². The smallest absolute Gasteiger partial charge is 0.282 e. The van der Waals surface area contributed by atoms with Gasteiger partial charge in [0.05, 0.1) is 6.54 Å². The monoisotopic (exact) mass is 290 g/mol. The van der Waals surface area contributed by atoms with Gasteiger partial charge in [0.15, 0.2) is 0 Å². The summed E-state index contributed by atoms with van der Waals surface area (Å²) in [6, 6.07) is -0.167. The van der Waals surface area contributed by atoms with E-state index in [1.807, 2.05) is 0 Å². The lowest BCUT2D eigenvalue weighted by Gasteiger charge is -2.34. The maximum Gasteiger partial charge on any atom is 0.282 e. The van der Waals surface area contributed by atoms with Gasteiger partial charge in [-0.15, -0.1) is 0 Å². The van der Waals surface area contributed by atoms with Gasteiger partial charge in [-0.3, -0.25) is 4.79 Å². The van der Waals surface area contributed by atoms with Crippen LogP contribution in [-0.4, -0.2) is 61.7 Å². The quantitative estimate of drug-likeness (QED) is 0.669. The van der Waals surface area contributed by atoms with Crippen molar-refractivity contribution in [1.82, 2.24) is 13.9 Å². The van der Waals surface area contributed by atoms with Crippen LogP contribution in [0.4, 0.5) is 0 Å². The molecular formula is C11H22N4O3S. The van der Waals surface area contributed by atoms with Gasteiger partial charge in [0.1, 0.15) is 0 Å². The number of rotatable bonds is 5. The van der Waals surface area contributed by atoms with Crippen molar-refractivity contribution in [2.24, 2.45) is 5.73 Å². The predicted octanol–water partition coefficient (Wildman–Crippen LogP) is -1.13. The molecule has 0 radical (unpaired) electrons. The first-order valence-electron chi connectivity index (χ1n) is 6.78. The molecule has 0 aromatic rings. The van der Waals surface area contributed by atoms with Crippen molar-refractivity contribution in [1.29, 1.82) is 0 Å². The van der Waals surface area contributed by atoms with Crippen molar-refractivity contribution in [3.05, 3.63) is 0 Å². The van der Waals surface area contributed by atoms with Crippen molar-refractivity contribution < 1.29 is 13.2 Å². The normalized spacial score (nSPS) is 25.8. The maximum absolute atomic E-state index is 12.6. The molecule has 0 saturated carbocycles. The topological polar surface area (TPSA) is 95.7 Å². The molecule has 7 nitrogen and oxygen atoms in total. The van der Waals surface area contributed by atoms with Crippen LogP contribution in [0.3, 0.4) is 0 Å². The maximum atomic E-state index is 12.6. The lowest BCUT2D eigenvalue weighted by Crippen LogP contribution is -2.53. The summed E-state index contributed by atoms with van der Waals surface area (Å²) in [6.45, 7) is 2.20. The van der Waals surface area contributed by atoms with E-state index in [4.69, 9.17) is 5.73 Å². The highest BCUT2D eigenvalue weighted by molar-refractivity contribution is 7.86. The molecule has 2 heterocycles. The second kappa shape index (κ2) is 6.17. The first-order chi connectivity index (χ1) is 9.01. The third-order valence-corrected chi connectivity index (χ3v) is 5.73. The van der Waals surface area contributed by atoms with Crippen LogP contribution in [0.5, 0.6) is 0 Å². The number of hydrogen-bond donors (Lipinski definition) is 2. The van der Waals surface area contributed by atoms with Crippen molar-refractivity contribution in [3.8, 4) is 0 Å². The Morgan fingerprint density at radius 3 is 2.53 bits per heavy atom. The Morgan fingerprint density at radius 1 is 1.32 bits per heavy atom. The zero-order valence-corrected chi connectivity index (χ0v) is 11.9. The molecule has 3 N–H and O–H groups in total. The molecule has 2 rings (SSSR count). The standard InChI is InChI=1S/C11H22N4O3S/c12-11(16)9-15(10-4-5-13-8-10)19(17,18)14-6-2-1-3-7-14/h10,13H,1-9H2,(H2,12,16). The zero-order chi connectivity index (χ0) is 13.9. The number of carbonyl (C=O) groups excluding carboxylic acids is 1. The second-order valence-corrected chi connectivity index (χ2v) is 7.01. The zero-order valence-electron chi connectivity index (χ0n) is 11.0. The van der Waals surface area contributed by atoms with Crippen molar-refractivity contribution >= 4 is 16.1 Å². The highest BCUT2D eigenvalue weighted by Gasteiger charge is 2.37. The Morgan fingerprint density at radius 2 is 2.00 bits per heavy atom. The van der Waals surface area contributed by atoms with E-state index in [1.165, 1.54) is 8.61 Å². The van der Waals surface area contributed by atoms with Crippen LogP contribution in [0.2, 0.25) is 0 Å². The van der Waals surface area contributed by atoms with Crippen LogP contribution < -0.4 is 11.1 Å². The first kappa shape index (κ1) is 14.7. The summed E-state index contributed by atoms with van der Waals surface area (Å²) in [6.07, 6.45) is 3.55. The molecule has 2 saturated heterocycles. The highest BCUT2D eigenvalue weighted by Crippen LogP contribution is 2.20. The molecule has 2 fully saturated rings. The van der Waals surface area contributed by atoms with Gasteiger partial charge in [-0.1, -0.05) is 6.42 Å². The number of nitrogens with zero attached hydrogens (tertiary/aromatic N) is 2. The molecule has 8 heteroatoms. The molecule has 1 atom stereocenters. The van der Waals surface area contributed by atoms with Crippen LogP contribution in [-0.2, 0) is 15.0 Å². The van der Waals surface area contributed by atoms with E-state index in [9.17, 15) is 13.2 Å². The summed E-state index contributed by atoms with van der Waals surface area (Å²) < 4.78 is 28.0. The molecule has 0 bridgehead atoms. The van der Waals surface area contributed by atoms with Crippen molar-refractivity contribution in [2.45, 2.75) is 31.7 Å². The number of nitrogens with two attached hydrogens (primary N) is 1. The van der Waals surface area contributed by atoms with Crippen molar-refractivity contribution in [3.63, 3.8) is 0 Å². The van der Waals surface area contributed by atoms with Gasteiger partial charge in [-0.2, -0.15) is 17.0 Å². The van der Waals surface area contributed by atoms with E-state index >= 15 is 0 Å². The lowest BCUT2D eigenvalue weighted by molar-refractivity contribution is -0.118. The Hall–Kier alpha value is -0.700. The second-order valence-electron chi connectivity index (χ2n) is 5.13. The van der Waals surface area contributed by atoms with Gasteiger partial charge >= 0.3 is 0 Å². The molecule has 0 aromatic carbocycles. The van der Waals surface area contributed by atoms with Crippen LogP contribution in [0.15, 0.2) is 0 Å². The third-order valence-electron chi connectivity index (χ3n) is 3.69. The number of nitrogens with one attached hydrogen (secondary N) is 1. The van der Waals surface area contributed by atoms with E-state index in [0.29, 0.717) is 19.6 Å². The van der Waals surface area contributed by atoms with Gasteiger partial charge < -0.3 is 11.1 Å². The van der Waals surface area contributed by atoms with Crippen LogP contribution in [0, 0.1) is 0 Å². The summed E-state index contributed by atoms with van der Waals surface area (Å²) in [5, 5.41) is 3.12. The number of hydrogen-bond acceptors (Lipinski definition) is 4. The van der Waals surface area contributed by atoms with Gasteiger partial charge in [0, 0.05) is 25.7 Å². The first-order valence-corrected chi connectivity index (χ1v) is 8.17. The molecule has 2 aliphatic heterocycles. The third kappa shape index (κ3) is 3.44. The van der Waals surface area contributed by atoms with Gasteiger partial charge in [0.25, 0.3) is 10.2 Å². The lowest BCUT2D eigenvalue weighted by atomic mass is 10.2. The number of piperidine rings is 1. The van der Waals surface area contributed by atoms with E-state index < -0.39 is 16.1 Å². The molecule has 19 heavy (non-hydrogen) atoms. The Labute approximate surface area is 114 Å². The molecule has 110 valence electrons. The van der Waals surface area contributed by atoms with Crippen LogP contribution >= 0.6 is 0 Å². The molecule has 1 unspecified atom stereocenters. The summed E-state index contributed by atoms with van der Waals surface area (Å²) >= 11 is 0. The molecule has 1 amide bonds. The average Bonchev–Trinajstić information content (AvgIpc) is 2.90. The molecule has 0 spiro atoms. The highest BCUT2D eigenvalue weighted by atomic mass is 32.2. The number of primary amides is 1. The molecular weight excluding hydrogens is 268 g/mol. The predicted molar refractivity (Wildman–Crippen MR) is 71.5 cm³/mol. The fourth-order valence-corrected chi connectivity index (χ4v) is 4.55. The van der Waals surface area contributed by atoms with Crippen molar-refractivity contribution in [2.75, 3.05) is 32.7 Å². The average molecular weight is 290 g/mol. The van der Waals surface area contributed by atoms with E-state index in [0.717, 1.165) is 32.2 Å². The summed E-state index contributed by atoms with van der Waals surface area (Å²) in [5.74, 6) is -0.604. The minimum absolute atomic E-state index is 0.167. The number of carbonyl (C=O) groups is 1. The van der Waals surface area contributed by atoms with Gasteiger partial charge in [-0.05, 0) is 25.8 Å². The summed E-state index contributed by atoms with van der Waals surface area (Å²) in [7, 11) is -3.58. The minimum Gasteiger partial charge on any atom is -0.369 e. The van der Waals surface area contributed by atoms with E-state index in [1.54, 1.807) is 0 Å². The van der Waals surface area contributed by atoms with E-state index in [-0.39, 0.29) is 12.6 Å². The Kier molecular flexibility index (Phi) is 4.77. The largest absolute Gasteiger partial charge is 0.369 e. The van der Waals surface area contributed by atoms with Crippen LogP contribution in [0.1, 0.15) is 25.7 Å².